The summed E-state index contributed by atoms with van der Waals surface area (Å²) in [5.74, 6) is -1.60. The average molecular weight is 371 g/mol. The molecule has 1 aliphatic rings. The van der Waals surface area contributed by atoms with Gasteiger partial charge in [0.05, 0.1) is 11.9 Å². The monoisotopic (exact) mass is 371 g/mol. The third-order valence-corrected chi connectivity index (χ3v) is 4.40. The Labute approximate surface area is 157 Å². The molecule has 1 aromatic carbocycles. The number of benzene rings is 1. The maximum absolute atomic E-state index is 13.0. The van der Waals surface area contributed by atoms with Gasteiger partial charge in [0.2, 0.25) is 0 Å². The highest BCUT2D eigenvalue weighted by Gasteiger charge is 2.18. The van der Waals surface area contributed by atoms with Gasteiger partial charge in [0.1, 0.15) is 5.82 Å². The number of halogens is 1. The molecule has 2 aromatic rings. The standard InChI is InChI=1S/C19H22FN5O2/c20-15-3-5-17(6-4-15)25-12-10-24(11-13-25)9-8-22-18(26)19(27)23-16-2-1-7-21-14-16/h1-7,14H,8-13H2,(H,22,26)(H,23,27). The van der Waals surface area contributed by atoms with Gasteiger partial charge in [-0.05, 0) is 36.4 Å². The predicted molar refractivity (Wildman–Crippen MR) is 101 cm³/mol. The second-order valence-corrected chi connectivity index (χ2v) is 6.26. The molecule has 0 radical (unpaired) electrons. The molecule has 0 unspecified atom stereocenters. The number of nitrogens with one attached hydrogen (secondary N) is 2. The summed E-state index contributed by atoms with van der Waals surface area (Å²) in [6.45, 7) is 4.42. The van der Waals surface area contributed by atoms with Crippen LogP contribution in [0, 0.1) is 5.82 Å². The van der Waals surface area contributed by atoms with Crippen molar-refractivity contribution in [2.24, 2.45) is 0 Å². The van der Waals surface area contributed by atoms with Crippen LogP contribution >= 0.6 is 0 Å². The van der Waals surface area contributed by atoms with Gasteiger partial charge in [-0.1, -0.05) is 0 Å². The molecular formula is C19H22FN5O2. The lowest BCUT2D eigenvalue weighted by Crippen LogP contribution is -2.49. The number of rotatable bonds is 5. The van der Waals surface area contributed by atoms with Gasteiger partial charge >= 0.3 is 11.8 Å². The summed E-state index contributed by atoms with van der Waals surface area (Å²) < 4.78 is 13.0. The fourth-order valence-electron chi connectivity index (χ4n) is 2.91. The second-order valence-electron chi connectivity index (χ2n) is 6.26. The topological polar surface area (TPSA) is 77.6 Å². The Morgan fingerprint density at radius 2 is 1.78 bits per heavy atom. The van der Waals surface area contributed by atoms with Crippen molar-refractivity contribution in [3.8, 4) is 0 Å². The van der Waals surface area contributed by atoms with Gasteiger partial charge < -0.3 is 15.5 Å². The summed E-state index contributed by atoms with van der Waals surface area (Å²) in [6.07, 6.45) is 3.07. The SMILES string of the molecule is O=C(NCCN1CCN(c2ccc(F)cc2)CC1)C(=O)Nc1cccnc1. The molecule has 27 heavy (non-hydrogen) atoms. The van der Waals surface area contributed by atoms with Crippen LogP contribution in [0.15, 0.2) is 48.8 Å². The van der Waals surface area contributed by atoms with Crippen LogP contribution in [0.2, 0.25) is 0 Å². The molecule has 1 saturated heterocycles. The molecule has 1 aliphatic heterocycles. The summed E-state index contributed by atoms with van der Waals surface area (Å²) in [5.41, 5.74) is 1.49. The largest absolute Gasteiger partial charge is 0.369 e. The summed E-state index contributed by atoms with van der Waals surface area (Å²) >= 11 is 0. The normalized spacial score (nSPS) is 14.6. The van der Waals surface area contributed by atoms with Gasteiger partial charge in [-0.2, -0.15) is 0 Å². The van der Waals surface area contributed by atoms with Gasteiger partial charge in [-0.25, -0.2) is 4.39 Å². The minimum absolute atomic E-state index is 0.235. The number of piperazine rings is 1. The summed E-state index contributed by atoms with van der Waals surface area (Å²) in [6, 6.07) is 9.84. The van der Waals surface area contributed by atoms with E-state index in [1.54, 1.807) is 30.5 Å². The van der Waals surface area contributed by atoms with Crippen LogP contribution in [0.1, 0.15) is 0 Å². The van der Waals surface area contributed by atoms with E-state index < -0.39 is 11.8 Å². The van der Waals surface area contributed by atoms with Crippen LogP contribution < -0.4 is 15.5 Å². The van der Waals surface area contributed by atoms with Gasteiger partial charge in [-0.15, -0.1) is 0 Å². The molecule has 142 valence electrons. The zero-order valence-corrected chi connectivity index (χ0v) is 14.9. The molecule has 0 spiro atoms. The first-order chi connectivity index (χ1) is 13.1. The van der Waals surface area contributed by atoms with Gasteiger partial charge in [0.15, 0.2) is 0 Å². The van der Waals surface area contributed by atoms with Crippen molar-refractivity contribution in [3.63, 3.8) is 0 Å². The zero-order valence-electron chi connectivity index (χ0n) is 14.9. The minimum Gasteiger partial charge on any atom is -0.369 e. The molecule has 2 N–H and O–H groups in total. The summed E-state index contributed by atoms with van der Waals surface area (Å²) in [7, 11) is 0. The number of anilines is 2. The minimum atomic E-state index is -0.705. The Bertz CT molecular complexity index is 761. The number of carbonyl (C=O) groups excluding carboxylic acids is 2. The first kappa shape index (κ1) is 18.8. The first-order valence-corrected chi connectivity index (χ1v) is 8.84. The number of carbonyl (C=O) groups is 2. The fourth-order valence-corrected chi connectivity index (χ4v) is 2.91. The van der Waals surface area contributed by atoms with E-state index in [9.17, 15) is 14.0 Å². The van der Waals surface area contributed by atoms with Crippen LogP contribution in [-0.4, -0.2) is 61.0 Å². The maximum Gasteiger partial charge on any atom is 0.313 e. The highest BCUT2D eigenvalue weighted by atomic mass is 19.1. The van der Waals surface area contributed by atoms with Crippen LogP contribution in [-0.2, 0) is 9.59 Å². The molecule has 3 rings (SSSR count). The van der Waals surface area contributed by atoms with Crippen molar-refractivity contribution in [2.45, 2.75) is 0 Å². The third-order valence-electron chi connectivity index (χ3n) is 4.40. The smallest absolute Gasteiger partial charge is 0.313 e. The van der Waals surface area contributed by atoms with E-state index in [1.165, 1.54) is 18.3 Å². The van der Waals surface area contributed by atoms with Crippen LogP contribution in [0.25, 0.3) is 0 Å². The van der Waals surface area contributed by atoms with Crippen molar-refractivity contribution < 1.29 is 14.0 Å². The highest BCUT2D eigenvalue weighted by Crippen LogP contribution is 2.16. The Morgan fingerprint density at radius 3 is 2.44 bits per heavy atom. The van der Waals surface area contributed by atoms with Crippen LogP contribution in [0.3, 0.4) is 0 Å². The van der Waals surface area contributed by atoms with E-state index in [4.69, 9.17) is 0 Å². The molecule has 0 bridgehead atoms. The molecule has 1 aromatic heterocycles. The molecule has 2 heterocycles. The van der Waals surface area contributed by atoms with E-state index in [1.807, 2.05) is 0 Å². The Balaban J connectivity index is 1.35. The van der Waals surface area contributed by atoms with Gasteiger partial charge in [0.25, 0.3) is 0 Å². The lowest BCUT2D eigenvalue weighted by Gasteiger charge is -2.36. The average Bonchev–Trinajstić information content (AvgIpc) is 2.70. The van der Waals surface area contributed by atoms with E-state index >= 15 is 0 Å². The van der Waals surface area contributed by atoms with E-state index in [0.29, 0.717) is 18.8 Å². The van der Waals surface area contributed by atoms with Gasteiger partial charge in [-0.3, -0.25) is 19.5 Å². The number of hydrogen-bond acceptors (Lipinski definition) is 5. The lowest BCUT2D eigenvalue weighted by atomic mass is 10.2. The number of aromatic nitrogens is 1. The third kappa shape index (κ3) is 5.49. The van der Waals surface area contributed by atoms with Gasteiger partial charge in [0, 0.05) is 51.2 Å². The van der Waals surface area contributed by atoms with E-state index in [2.05, 4.69) is 25.4 Å². The molecule has 7 nitrogen and oxygen atoms in total. The summed E-state index contributed by atoms with van der Waals surface area (Å²) in [5, 5.41) is 5.13. The molecule has 0 atom stereocenters. The molecule has 1 fully saturated rings. The Morgan fingerprint density at radius 1 is 1.04 bits per heavy atom. The molecule has 2 amide bonds. The van der Waals surface area contributed by atoms with Crippen molar-refractivity contribution in [3.05, 3.63) is 54.6 Å². The predicted octanol–water partition coefficient (Wildman–Crippen LogP) is 1.10. The number of amides is 2. The molecule has 0 saturated carbocycles. The number of hydrogen-bond donors (Lipinski definition) is 2. The van der Waals surface area contributed by atoms with Crippen LogP contribution in [0.4, 0.5) is 15.8 Å². The van der Waals surface area contributed by atoms with Crippen molar-refractivity contribution in [1.29, 1.82) is 0 Å². The van der Waals surface area contributed by atoms with E-state index in [-0.39, 0.29) is 5.82 Å². The number of pyridine rings is 1. The fraction of sp³-hybridized carbons (Fsp3) is 0.316. The van der Waals surface area contributed by atoms with E-state index in [0.717, 1.165) is 31.9 Å². The molecular weight excluding hydrogens is 349 g/mol. The van der Waals surface area contributed by atoms with Crippen molar-refractivity contribution in [2.75, 3.05) is 49.5 Å². The Kier molecular flexibility index (Phi) is 6.32. The highest BCUT2D eigenvalue weighted by molar-refractivity contribution is 6.39. The molecule has 8 heteroatoms. The summed E-state index contributed by atoms with van der Waals surface area (Å²) in [4.78, 5) is 32.0. The molecule has 0 aliphatic carbocycles. The van der Waals surface area contributed by atoms with Crippen molar-refractivity contribution >= 4 is 23.2 Å². The van der Waals surface area contributed by atoms with Crippen LogP contribution in [0.5, 0.6) is 0 Å². The zero-order chi connectivity index (χ0) is 19.1. The first-order valence-electron chi connectivity index (χ1n) is 8.84. The number of nitrogens with zero attached hydrogens (tertiary/aromatic N) is 3. The second kappa shape index (κ2) is 9.09. The van der Waals surface area contributed by atoms with Crippen molar-refractivity contribution in [1.82, 2.24) is 15.2 Å². The lowest BCUT2D eigenvalue weighted by molar-refractivity contribution is -0.136. The Hall–Kier alpha value is -3.00. The quantitative estimate of drug-likeness (QED) is 0.770. The maximum atomic E-state index is 13.0.